The molecule has 0 atom stereocenters. The van der Waals surface area contributed by atoms with E-state index >= 15 is 0 Å². The molecular formula is C9H7F5N2S. The Hall–Kier alpha value is -1.57. The highest BCUT2D eigenvalue weighted by Gasteiger charge is 2.67. The Morgan fingerprint density at radius 3 is 2.12 bits per heavy atom. The van der Waals surface area contributed by atoms with Gasteiger partial charge in [0.2, 0.25) is 0 Å². The monoisotopic (exact) mass is 270 g/mol. The molecule has 1 N–H and O–H groups in total. The van der Waals surface area contributed by atoms with Crippen molar-refractivity contribution in [1.29, 1.82) is 0 Å². The van der Waals surface area contributed by atoms with Gasteiger partial charge in [-0.25, -0.2) is 4.98 Å². The maximum Gasteiger partial charge on any atom is 0.325 e. The molecular weight excluding hydrogens is 263 g/mol. The van der Waals surface area contributed by atoms with E-state index in [9.17, 15) is 19.4 Å². The van der Waals surface area contributed by atoms with Crippen molar-refractivity contribution in [3.63, 3.8) is 0 Å². The lowest BCUT2D eigenvalue weighted by Crippen LogP contribution is -2.08. The molecule has 8 heteroatoms. The van der Waals surface area contributed by atoms with Crippen molar-refractivity contribution in [3.8, 4) is 11.3 Å². The molecule has 0 aliphatic heterocycles. The standard InChI is InChI=1S/C9H7F5N2S/c10-17(11,12,13,14)9-4-3-7(6-16-9)8-2-1-5-15-8/h1-6,15H. The van der Waals surface area contributed by atoms with Gasteiger partial charge in [-0.15, -0.1) is 0 Å². The Balaban J connectivity index is 2.46. The number of pyridine rings is 1. The van der Waals surface area contributed by atoms with Gasteiger partial charge in [-0.2, -0.15) is 0 Å². The first-order chi connectivity index (χ1) is 7.56. The maximum atomic E-state index is 12.4. The van der Waals surface area contributed by atoms with Crippen LogP contribution in [0.3, 0.4) is 0 Å². The van der Waals surface area contributed by atoms with E-state index in [1.807, 2.05) is 0 Å². The topological polar surface area (TPSA) is 28.7 Å². The Morgan fingerprint density at radius 1 is 1.00 bits per heavy atom. The summed E-state index contributed by atoms with van der Waals surface area (Å²) in [5.74, 6) is 0. The van der Waals surface area contributed by atoms with Crippen molar-refractivity contribution in [1.82, 2.24) is 9.97 Å². The SMILES string of the molecule is FS(F)(F)(F)(F)c1ccc(-c2ccc[nH]2)cn1. The minimum Gasteiger partial charge on any atom is -0.361 e. The van der Waals surface area contributed by atoms with Crippen molar-refractivity contribution >= 4 is 10.2 Å². The van der Waals surface area contributed by atoms with Crippen LogP contribution in [0.15, 0.2) is 41.7 Å². The van der Waals surface area contributed by atoms with Gasteiger partial charge in [0.1, 0.15) is 0 Å². The maximum absolute atomic E-state index is 12.4. The summed E-state index contributed by atoms with van der Waals surface area (Å²) >= 11 is 0. The van der Waals surface area contributed by atoms with Crippen LogP contribution in [0.5, 0.6) is 0 Å². The van der Waals surface area contributed by atoms with Gasteiger partial charge in [0.25, 0.3) is 0 Å². The predicted octanol–water partition coefficient (Wildman–Crippen LogP) is 4.73. The smallest absolute Gasteiger partial charge is 0.325 e. The van der Waals surface area contributed by atoms with Crippen LogP contribution in [0.2, 0.25) is 0 Å². The average molecular weight is 270 g/mol. The summed E-state index contributed by atoms with van der Waals surface area (Å²) in [7, 11) is -9.66. The van der Waals surface area contributed by atoms with Crippen molar-refractivity contribution in [2.75, 3.05) is 0 Å². The van der Waals surface area contributed by atoms with E-state index < -0.39 is 15.3 Å². The second-order valence-electron chi connectivity index (χ2n) is 3.44. The number of H-pyrrole nitrogens is 1. The van der Waals surface area contributed by atoms with E-state index in [1.165, 1.54) is 0 Å². The Kier molecular flexibility index (Phi) is 1.97. The highest BCUT2D eigenvalue weighted by atomic mass is 32.5. The third-order valence-corrected chi connectivity index (χ3v) is 3.07. The third-order valence-electron chi connectivity index (χ3n) is 2.04. The van der Waals surface area contributed by atoms with Crippen molar-refractivity contribution < 1.29 is 19.4 Å². The summed E-state index contributed by atoms with van der Waals surface area (Å²) in [6.45, 7) is 0. The molecule has 0 unspecified atom stereocenters. The molecule has 2 heterocycles. The van der Waals surface area contributed by atoms with Gasteiger partial charge in [0, 0.05) is 23.7 Å². The molecule has 0 radical (unpaired) electrons. The van der Waals surface area contributed by atoms with Gasteiger partial charge in [-0.1, -0.05) is 19.4 Å². The zero-order valence-electron chi connectivity index (χ0n) is 8.21. The molecule has 2 rings (SSSR count). The van der Waals surface area contributed by atoms with E-state index in [2.05, 4.69) is 9.97 Å². The first-order valence-corrected chi connectivity index (χ1v) is 6.35. The molecule has 0 aliphatic carbocycles. The molecule has 0 fully saturated rings. The molecule has 2 nitrogen and oxygen atoms in total. The minimum atomic E-state index is -9.66. The van der Waals surface area contributed by atoms with Crippen LogP contribution in [0.25, 0.3) is 11.3 Å². The highest BCUT2D eigenvalue weighted by Crippen LogP contribution is 3.01. The molecule has 94 valence electrons. The molecule has 2 aromatic rings. The molecule has 17 heavy (non-hydrogen) atoms. The first-order valence-electron chi connectivity index (χ1n) is 4.40. The quantitative estimate of drug-likeness (QED) is 0.785. The average Bonchev–Trinajstić information content (AvgIpc) is 2.67. The second kappa shape index (κ2) is 2.81. The van der Waals surface area contributed by atoms with Gasteiger partial charge in [0.15, 0.2) is 5.03 Å². The van der Waals surface area contributed by atoms with Gasteiger partial charge >= 0.3 is 10.2 Å². The highest BCUT2D eigenvalue weighted by molar-refractivity contribution is 8.45. The van der Waals surface area contributed by atoms with Crippen LogP contribution in [0, 0.1) is 0 Å². The van der Waals surface area contributed by atoms with Crippen LogP contribution in [0.1, 0.15) is 0 Å². The first kappa shape index (κ1) is 11.9. The third kappa shape index (κ3) is 2.57. The number of nitrogens with one attached hydrogen (secondary N) is 1. The van der Waals surface area contributed by atoms with Crippen molar-refractivity contribution in [3.05, 3.63) is 36.7 Å². The molecule has 0 saturated carbocycles. The summed E-state index contributed by atoms with van der Waals surface area (Å²) < 4.78 is 61.8. The van der Waals surface area contributed by atoms with Gasteiger partial charge in [0.05, 0.1) is 0 Å². The zero-order chi connectivity index (χ0) is 12.8. The lowest BCUT2D eigenvalue weighted by atomic mass is 10.2. The number of rotatable bonds is 2. The molecule has 0 aromatic carbocycles. The number of hydrogen-bond donors (Lipinski definition) is 1. The minimum absolute atomic E-state index is 0.289. The fraction of sp³-hybridized carbons (Fsp3) is 0. The van der Waals surface area contributed by atoms with Crippen LogP contribution >= 0.6 is 10.2 Å². The van der Waals surface area contributed by atoms with E-state index in [0.29, 0.717) is 11.3 Å². The number of halogens is 5. The molecule has 0 spiro atoms. The van der Waals surface area contributed by atoms with Crippen LogP contribution in [0.4, 0.5) is 19.4 Å². The van der Waals surface area contributed by atoms with E-state index in [-0.39, 0.29) is 6.07 Å². The fourth-order valence-electron chi connectivity index (χ4n) is 1.28. The normalized spacial score (nSPS) is 16.3. The van der Waals surface area contributed by atoms with Crippen molar-refractivity contribution in [2.45, 2.75) is 5.03 Å². The number of aromatic nitrogens is 2. The van der Waals surface area contributed by atoms with Crippen molar-refractivity contribution in [2.24, 2.45) is 0 Å². The lowest BCUT2D eigenvalue weighted by Gasteiger charge is -2.39. The molecule has 0 amide bonds. The van der Waals surface area contributed by atoms with E-state index in [4.69, 9.17) is 0 Å². The van der Waals surface area contributed by atoms with E-state index in [0.717, 1.165) is 12.3 Å². The molecule has 0 saturated heterocycles. The summed E-state index contributed by atoms with van der Waals surface area (Å²) in [6.07, 6.45) is 2.33. The number of nitrogens with zero attached hydrogens (tertiary/aromatic N) is 1. The zero-order valence-corrected chi connectivity index (χ0v) is 9.03. The van der Waals surface area contributed by atoms with Crippen LogP contribution in [-0.4, -0.2) is 9.97 Å². The van der Waals surface area contributed by atoms with Gasteiger partial charge in [-0.05, 0) is 24.3 Å². The largest absolute Gasteiger partial charge is 0.361 e. The van der Waals surface area contributed by atoms with Crippen LogP contribution < -0.4 is 0 Å². The number of hydrogen-bond acceptors (Lipinski definition) is 1. The van der Waals surface area contributed by atoms with E-state index in [1.54, 1.807) is 18.3 Å². The van der Waals surface area contributed by atoms with Gasteiger partial charge < -0.3 is 4.98 Å². The van der Waals surface area contributed by atoms with Gasteiger partial charge in [-0.3, -0.25) is 0 Å². The lowest BCUT2D eigenvalue weighted by molar-refractivity contribution is 0.358. The Labute approximate surface area is 93.2 Å². The Bertz CT molecular complexity index is 529. The molecule has 0 aliphatic rings. The fourth-order valence-corrected chi connectivity index (χ4v) is 1.85. The second-order valence-corrected chi connectivity index (χ2v) is 5.79. The van der Waals surface area contributed by atoms with Crippen LogP contribution in [-0.2, 0) is 0 Å². The molecule has 0 bridgehead atoms. The summed E-state index contributed by atoms with van der Waals surface area (Å²) in [5, 5.41) is -2.12. The summed E-state index contributed by atoms with van der Waals surface area (Å²) in [4.78, 5) is 5.54. The summed E-state index contributed by atoms with van der Waals surface area (Å²) in [5.41, 5.74) is 0.812. The predicted molar refractivity (Wildman–Crippen MR) is 55.4 cm³/mol. The summed E-state index contributed by atoms with van der Waals surface area (Å²) in [6, 6.07) is 4.47. The number of aromatic amines is 1. The molecule has 2 aromatic heterocycles. The Morgan fingerprint density at radius 2 is 1.71 bits per heavy atom.